The largest absolute Gasteiger partial charge is 0.383 e. The Bertz CT molecular complexity index is 599. The second-order valence-corrected chi connectivity index (χ2v) is 5.88. The van der Waals surface area contributed by atoms with Crippen molar-refractivity contribution in [3.05, 3.63) is 39.3 Å². The number of nitrogens with zero attached hydrogens (tertiary/aromatic N) is 2. The zero-order valence-electron chi connectivity index (χ0n) is 10.8. The third-order valence-corrected chi connectivity index (χ3v) is 3.81. The maximum absolute atomic E-state index is 13.3. The van der Waals surface area contributed by atoms with Crippen molar-refractivity contribution in [1.29, 1.82) is 0 Å². The summed E-state index contributed by atoms with van der Waals surface area (Å²) in [4.78, 5) is 8.76. The molecule has 5 heteroatoms. The number of halogens is 2. The Morgan fingerprint density at radius 3 is 2.68 bits per heavy atom. The standard InChI is InChI=1S/C14H15FIN3/c1-8(2)6-11-12(16)13(17)19-14(18-11)9-4-3-5-10(15)7-9/h3-5,7-8H,6H2,1-2H3,(H2,17,18,19). The molecule has 0 unspecified atom stereocenters. The fourth-order valence-corrected chi connectivity index (χ4v) is 2.25. The number of anilines is 1. The van der Waals surface area contributed by atoms with E-state index >= 15 is 0 Å². The summed E-state index contributed by atoms with van der Waals surface area (Å²) in [5, 5.41) is 0. The number of rotatable bonds is 3. The molecular weight excluding hydrogens is 356 g/mol. The van der Waals surface area contributed by atoms with Gasteiger partial charge in [0, 0.05) is 5.56 Å². The third kappa shape index (κ3) is 3.40. The molecule has 2 aromatic rings. The van der Waals surface area contributed by atoms with Gasteiger partial charge >= 0.3 is 0 Å². The van der Waals surface area contributed by atoms with Crippen LogP contribution in [0.25, 0.3) is 11.4 Å². The molecule has 0 aliphatic rings. The minimum Gasteiger partial charge on any atom is -0.383 e. The van der Waals surface area contributed by atoms with E-state index in [9.17, 15) is 4.39 Å². The maximum atomic E-state index is 13.3. The zero-order chi connectivity index (χ0) is 14.0. The minimum atomic E-state index is -0.302. The first-order valence-corrected chi connectivity index (χ1v) is 7.13. The molecule has 1 heterocycles. The van der Waals surface area contributed by atoms with E-state index in [1.54, 1.807) is 12.1 Å². The first-order chi connectivity index (χ1) is 8.97. The lowest BCUT2D eigenvalue weighted by atomic mass is 10.1. The Morgan fingerprint density at radius 2 is 2.05 bits per heavy atom. The summed E-state index contributed by atoms with van der Waals surface area (Å²) >= 11 is 2.16. The highest BCUT2D eigenvalue weighted by Gasteiger charge is 2.13. The highest BCUT2D eigenvalue weighted by molar-refractivity contribution is 14.1. The molecule has 0 radical (unpaired) electrons. The Kier molecular flexibility index (Phi) is 4.34. The van der Waals surface area contributed by atoms with E-state index in [0.29, 0.717) is 23.1 Å². The SMILES string of the molecule is CC(C)Cc1nc(-c2cccc(F)c2)nc(N)c1I. The number of nitrogen functional groups attached to an aromatic ring is 1. The second kappa shape index (κ2) is 5.81. The van der Waals surface area contributed by atoms with Gasteiger partial charge in [0.25, 0.3) is 0 Å². The van der Waals surface area contributed by atoms with Gasteiger partial charge in [-0.05, 0) is 47.1 Å². The van der Waals surface area contributed by atoms with Crippen molar-refractivity contribution in [2.75, 3.05) is 5.73 Å². The molecule has 0 atom stereocenters. The van der Waals surface area contributed by atoms with Gasteiger partial charge in [0.05, 0.1) is 9.26 Å². The Morgan fingerprint density at radius 1 is 1.32 bits per heavy atom. The summed E-state index contributed by atoms with van der Waals surface area (Å²) in [6.07, 6.45) is 0.827. The van der Waals surface area contributed by atoms with Crippen LogP contribution in [0, 0.1) is 15.3 Å². The highest BCUT2D eigenvalue weighted by atomic mass is 127. The first kappa shape index (κ1) is 14.2. The molecule has 1 aromatic carbocycles. The minimum absolute atomic E-state index is 0.302. The maximum Gasteiger partial charge on any atom is 0.161 e. The number of nitrogens with two attached hydrogens (primary N) is 1. The molecule has 0 bridgehead atoms. The topological polar surface area (TPSA) is 51.8 Å². The van der Waals surface area contributed by atoms with Crippen molar-refractivity contribution in [1.82, 2.24) is 9.97 Å². The molecule has 100 valence electrons. The molecule has 0 aliphatic carbocycles. The van der Waals surface area contributed by atoms with Crippen LogP contribution in [-0.2, 0) is 6.42 Å². The quantitative estimate of drug-likeness (QED) is 0.838. The molecule has 0 fully saturated rings. The van der Waals surface area contributed by atoms with Crippen LogP contribution in [0.15, 0.2) is 24.3 Å². The fourth-order valence-electron chi connectivity index (χ4n) is 1.79. The monoisotopic (exact) mass is 371 g/mol. The lowest BCUT2D eigenvalue weighted by Gasteiger charge is -2.11. The summed E-state index contributed by atoms with van der Waals surface area (Å²) in [6.45, 7) is 4.24. The first-order valence-electron chi connectivity index (χ1n) is 6.05. The predicted molar refractivity (Wildman–Crippen MR) is 83.1 cm³/mol. The van der Waals surface area contributed by atoms with Gasteiger partial charge in [0.1, 0.15) is 11.6 Å². The number of aromatic nitrogens is 2. The van der Waals surface area contributed by atoms with E-state index in [0.717, 1.165) is 15.7 Å². The summed E-state index contributed by atoms with van der Waals surface area (Å²) in [6, 6.07) is 6.24. The Labute approximate surface area is 125 Å². The summed E-state index contributed by atoms with van der Waals surface area (Å²) in [5.74, 6) is 1.10. The summed E-state index contributed by atoms with van der Waals surface area (Å²) < 4.78 is 14.1. The lowest BCUT2D eigenvalue weighted by Crippen LogP contribution is -2.07. The van der Waals surface area contributed by atoms with Gasteiger partial charge in [-0.2, -0.15) is 0 Å². The van der Waals surface area contributed by atoms with Gasteiger partial charge in [-0.3, -0.25) is 0 Å². The van der Waals surface area contributed by atoms with E-state index in [-0.39, 0.29) is 5.82 Å². The van der Waals surface area contributed by atoms with E-state index in [1.807, 2.05) is 0 Å². The smallest absolute Gasteiger partial charge is 0.161 e. The molecule has 0 aliphatic heterocycles. The molecular formula is C14H15FIN3. The molecule has 0 amide bonds. The number of hydrogen-bond acceptors (Lipinski definition) is 3. The van der Waals surface area contributed by atoms with Crippen molar-refractivity contribution in [3.63, 3.8) is 0 Å². The van der Waals surface area contributed by atoms with Gasteiger partial charge in [-0.25, -0.2) is 14.4 Å². The van der Waals surface area contributed by atoms with Crippen LogP contribution in [0.3, 0.4) is 0 Å². The van der Waals surface area contributed by atoms with Gasteiger partial charge in [0.2, 0.25) is 0 Å². The fraction of sp³-hybridized carbons (Fsp3) is 0.286. The molecule has 0 saturated heterocycles. The van der Waals surface area contributed by atoms with Gasteiger partial charge in [-0.1, -0.05) is 26.0 Å². The molecule has 0 saturated carbocycles. The highest BCUT2D eigenvalue weighted by Crippen LogP contribution is 2.24. The van der Waals surface area contributed by atoms with Crippen LogP contribution >= 0.6 is 22.6 Å². The molecule has 19 heavy (non-hydrogen) atoms. The van der Waals surface area contributed by atoms with Gasteiger partial charge < -0.3 is 5.73 Å². The molecule has 2 rings (SSSR count). The van der Waals surface area contributed by atoms with Crippen molar-refractivity contribution in [2.45, 2.75) is 20.3 Å². The Hall–Kier alpha value is -1.24. The van der Waals surface area contributed by atoms with Gasteiger partial charge in [-0.15, -0.1) is 0 Å². The zero-order valence-corrected chi connectivity index (χ0v) is 13.0. The average molecular weight is 371 g/mol. The predicted octanol–water partition coefficient (Wildman–Crippen LogP) is 3.67. The molecule has 2 N–H and O–H groups in total. The van der Waals surface area contributed by atoms with Crippen molar-refractivity contribution in [2.24, 2.45) is 5.92 Å². The van der Waals surface area contributed by atoms with E-state index in [1.165, 1.54) is 12.1 Å². The van der Waals surface area contributed by atoms with Crippen LogP contribution < -0.4 is 5.73 Å². The van der Waals surface area contributed by atoms with Crippen LogP contribution in [-0.4, -0.2) is 9.97 Å². The van der Waals surface area contributed by atoms with E-state index in [2.05, 4.69) is 46.4 Å². The van der Waals surface area contributed by atoms with Crippen LogP contribution in [0.2, 0.25) is 0 Å². The molecule has 0 spiro atoms. The summed E-state index contributed by atoms with van der Waals surface area (Å²) in [5.41, 5.74) is 7.49. The third-order valence-electron chi connectivity index (χ3n) is 2.63. The molecule has 1 aromatic heterocycles. The van der Waals surface area contributed by atoms with Crippen molar-refractivity contribution >= 4 is 28.4 Å². The number of hydrogen-bond donors (Lipinski definition) is 1. The van der Waals surface area contributed by atoms with Crippen molar-refractivity contribution in [3.8, 4) is 11.4 Å². The lowest BCUT2D eigenvalue weighted by molar-refractivity contribution is 0.627. The average Bonchev–Trinajstić information content (AvgIpc) is 2.34. The second-order valence-electron chi connectivity index (χ2n) is 4.80. The van der Waals surface area contributed by atoms with Crippen molar-refractivity contribution < 1.29 is 4.39 Å². The van der Waals surface area contributed by atoms with Crippen LogP contribution in [0.4, 0.5) is 10.2 Å². The molecule has 3 nitrogen and oxygen atoms in total. The van der Waals surface area contributed by atoms with E-state index < -0.39 is 0 Å². The normalized spacial score (nSPS) is 11.0. The van der Waals surface area contributed by atoms with E-state index in [4.69, 9.17) is 5.73 Å². The Balaban J connectivity index is 2.50. The van der Waals surface area contributed by atoms with Crippen LogP contribution in [0.1, 0.15) is 19.5 Å². The summed E-state index contributed by atoms with van der Waals surface area (Å²) in [7, 11) is 0. The number of benzene rings is 1. The van der Waals surface area contributed by atoms with Gasteiger partial charge in [0.15, 0.2) is 5.82 Å². The van der Waals surface area contributed by atoms with Crippen LogP contribution in [0.5, 0.6) is 0 Å².